The summed E-state index contributed by atoms with van der Waals surface area (Å²) >= 11 is 1.06. The zero-order valence-corrected chi connectivity index (χ0v) is 13.7. The number of hydrogen-bond acceptors (Lipinski definition) is 9. The maximum atomic E-state index is 10.8. The lowest BCUT2D eigenvalue weighted by molar-refractivity contribution is -0.384. The molecule has 10 heteroatoms. The summed E-state index contributed by atoms with van der Waals surface area (Å²) in [6, 6.07) is 11.2. The Hall–Kier alpha value is -3.58. The second-order valence-electron chi connectivity index (χ2n) is 5.09. The van der Waals surface area contributed by atoms with E-state index in [4.69, 9.17) is 13.9 Å². The molecule has 0 spiro atoms. The Balaban J connectivity index is 1.59. The molecule has 4 rings (SSSR count). The Bertz CT molecular complexity index is 1060. The van der Waals surface area contributed by atoms with Crippen molar-refractivity contribution < 1.29 is 18.8 Å². The van der Waals surface area contributed by atoms with Crippen LogP contribution in [0.15, 0.2) is 50.9 Å². The van der Waals surface area contributed by atoms with Gasteiger partial charge in [-0.15, -0.1) is 10.2 Å². The maximum absolute atomic E-state index is 10.8. The number of benzene rings is 2. The predicted molar refractivity (Wildman–Crippen MR) is 87.8 cm³/mol. The number of rotatable bonds is 4. The fourth-order valence-corrected chi connectivity index (χ4v) is 3.04. The molecule has 0 bridgehead atoms. The monoisotopic (exact) mass is 368 g/mol. The lowest BCUT2D eigenvalue weighted by Crippen LogP contribution is -1.92. The topological polar surface area (TPSA) is 124 Å². The number of nitro groups is 1. The third kappa shape index (κ3) is 2.91. The van der Waals surface area contributed by atoms with Crippen LogP contribution in [0.2, 0.25) is 0 Å². The highest BCUT2D eigenvalue weighted by molar-refractivity contribution is 7.99. The van der Waals surface area contributed by atoms with Crippen molar-refractivity contribution >= 4 is 17.4 Å². The van der Waals surface area contributed by atoms with E-state index >= 15 is 0 Å². The molecule has 1 aliphatic rings. The van der Waals surface area contributed by atoms with Gasteiger partial charge in [0.25, 0.3) is 10.9 Å². The van der Waals surface area contributed by atoms with Gasteiger partial charge in [0.05, 0.1) is 10.5 Å². The maximum Gasteiger partial charge on any atom is 0.281 e. The number of nitrogens with zero attached hydrogens (tertiary/aromatic N) is 4. The summed E-state index contributed by atoms with van der Waals surface area (Å²) in [5.41, 5.74) is 0.669. The highest BCUT2D eigenvalue weighted by Gasteiger charge is 2.18. The summed E-state index contributed by atoms with van der Waals surface area (Å²) in [7, 11) is 0. The Labute approximate surface area is 150 Å². The number of nitro benzene ring substituents is 1. The second kappa shape index (κ2) is 6.38. The van der Waals surface area contributed by atoms with Crippen LogP contribution < -0.4 is 9.47 Å². The number of non-ortho nitro benzene ring substituents is 1. The predicted octanol–water partition coefficient (Wildman–Crippen LogP) is 3.40. The molecule has 1 aromatic heterocycles. The van der Waals surface area contributed by atoms with E-state index < -0.39 is 4.92 Å². The molecule has 2 aromatic carbocycles. The molecule has 26 heavy (non-hydrogen) atoms. The SMILES string of the molecule is N#Cc1cc([N+](=O)[O-])ccc1Sc1nnc(-c2ccc3c(c2)OCO3)o1. The number of ether oxygens (including phenoxy) is 2. The summed E-state index contributed by atoms with van der Waals surface area (Å²) in [6.07, 6.45) is 0. The zero-order chi connectivity index (χ0) is 18.1. The van der Waals surface area contributed by atoms with Crippen molar-refractivity contribution in [3.8, 4) is 29.0 Å². The fourth-order valence-electron chi connectivity index (χ4n) is 2.30. The van der Waals surface area contributed by atoms with Crippen LogP contribution in [0.5, 0.6) is 11.5 Å². The molecular weight excluding hydrogens is 360 g/mol. The van der Waals surface area contributed by atoms with E-state index in [1.807, 2.05) is 6.07 Å². The first kappa shape index (κ1) is 15.9. The highest BCUT2D eigenvalue weighted by atomic mass is 32.2. The first-order valence-corrected chi connectivity index (χ1v) is 8.05. The first-order chi connectivity index (χ1) is 12.6. The lowest BCUT2D eigenvalue weighted by Gasteiger charge is -2.00. The quantitative estimate of drug-likeness (QED) is 0.503. The summed E-state index contributed by atoms with van der Waals surface area (Å²) in [5, 5.41) is 28.1. The van der Waals surface area contributed by atoms with E-state index in [2.05, 4.69) is 10.2 Å². The molecule has 9 nitrogen and oxygen atoms in total. The molecule has 0 radical (unpaired) electrons. The molecule has 0 saturated heterocycles. The average molecular weight is 368 g/mol. The first-order valence-electron chi connectivity index (χ1n) is 7.24. The molecule has 0 atom stereocenters. The molecule has 1 aliphatic heterocycles. The Kier molecular flexibility index (Phi) is 3.91. The van der Waals surface area contributed by atoms with Gasteiger partial charge >= 0.3 is 0 Å². The lowest BCUT2D eigenvalue weighted by atomic mass is 10.2. The number of fused-ring (bicyclic) bond motifs is 1. The van der Waals surface area contributed by atoms with E-state index in [1.165, 1.54) is 18.2 Å². The molecule has 0 N–H and O–H groups in total. The van der Waals surface area contributed by atoms with Gasteiger partial charge in [-0.05, 0) is 36.0 Å². The fraction of sp³-hybridized carbons (Fsp3) is 0.0625. The Morgan fingerprint density at radius 2 is 2.00 bits per heavy atom. The van der Waals surface area contributed by atoms with E-state index in [0.717, 1.165) is 11.8 Å². The van der Waals surface area contributed by atoms with Crippen LogP contribution in [0.4, 0.5) is 5.69 Å². The van der Waals surface area contributed by atoms with Crippen LogP contribution in [0, 0.1) is 21.4 Å². The minimum Gasteiger partial charge on any atom is -0.454 e. The molecule has 0 amide bonds. The smallest absolute Gasteiger partial charge is 0.281 e. The normalized spacial score (nSPS) is 12.0. The molecule has 0 aliphatic carbocycles. The average Bonchev–Trinajstić information content (AvgIpc) is 3.30. The largest absolute Gasteiger partial charge is 0.454 e. The third-order valence-electron chi connectivity index (χ3n) is 3.52. The van der Waals surface area contributed by atoms with E-state index in [-0.39, 0.29) is 29.2 Å². The van der Waals surface area contributed by atoms with Crippen molar-refractivity contribution in [1.82, 2.24) is 10.2 Å². The van der Waals surface area contributed by atoms with Crippen LogP contribution >= 0.6 is 11.8 Å². The van der Waals surface area contributed by atoms with Crippen molar-refractivity contribution in [2.24, 2.45) is 0 Å². The van der Waals surface area contributed by atoms with E-state index in [0.29, 0.717) is 22.0 Å². The van der Waals surface area contributed by atoms with Crippen molar-refractivity contribution in [2.45, 2.75) is 10.1 Å². The van der Waals surface area contributed by atoms with Crippen LogP contribution in [0.25, 0.3) is 11.5 Å². The van der Waals surface area contributed by atoms with Gasteiger partial charge in [-0.1, -0.05) is 0 Å². The van der Waals surface area contributed by atoms with Gasteiger partial charge in [-0.2, -0.15) is 5.26 Å². The Morgan fingerprint density at radius 1 is 1.15 bits per heavy atom. The minimum absolute atomic E-state index is 0.155. The third-order valence-corrected chi connectivity index (χ3v) is 4.43. The Morgan fingerprint density at radius 3 is 2.81 bits per heavy atom. The summed E-state index contributed by atoms with van der Waals surface area (Å²) in [5.74, 6) is 1.52. The molecule has 0 saturated carbocycles. The van der Waals surface area contributed by atoms with Crippen LogP contribution in [0.1, 0.15) is 5.56 Å². The van der Waals surface area contributed by atoms with Gasteiger partial charge in [0.15, 0.2) is 11.5 Å². The number of nitriles is 1. The molecule has 3 aromatic rings. The summed E-state index contributed by atoms with van der Waals surface area (Å²) in [4.78, 5) is 10.7. The van der Waals surface area contributed by atoms with Gasteiger partial charge in [0, 0.05) is 22.6 Å². The van der Waals surface area contributed by atoms with Gasteiger partial charge in [0.2, 0.25) is 12.7 Å². The summed E-state index contributed by atoms with van der Waals surface area (Å²) < 4.78 is 16.2. The molecule has 2 heterocycles. The van der Waals surface area contributed by atoms with Gasteiger partial charge in [-0.3, -0.25) is 10.1 Å². The summed E-state index contributed by atoms with van der Waals surface area (Å²) in [6.45, 7) is 0.167. The van der Waals surface area contributed by atoms with Crippen LogP contribution in [-0.4, -0.2) is 21.9 Å². The van der Waals surface area contributed by atoms with Crippen LogP contribution in [-0.2, 0) is 0 Å². The van der Waals surface area contributed by atoms with Crippen molar-refractivity contribution in [3.05, 3.63) is 52.1 Å². The van der Waals surface area contributed by atoms with Gasteiger partial charge in [-0.25, -0.2) is 0 Å². The van der Waals surface area contributed by atoms with Crippen molar-refractivity contribution in [2.75, 3.05) is 6.79 Å². The van der Waals surface area contributed by atoms with Crippen molar-refractivity contribution in [3.63, 3.8) is 0 Å². The van der Waals surface area contributed by atoms with Crippen LogP contribution in [0.3, 0.4) is 0 Å². The number of aromatic nitrogens is 2. The molecule has 0 unspecified atom stereocenters. The second-order valence-corrected chi connectivity index (χ2v) is 6.09. The zero-order valence-electron chi connectivity index (χ0n) is 12.9. The van der Waals surface area contributed by atoms with E-state index in [1.54, 1.807) is 18.2 Å². The molecule has 128 valence electrons. The van der Waals surface area contributed by atoms with Gasteiger partial charge in [0.1, 0.15) is 6.07 Å². The molecule has 0 fully saturated rings. The van der Waals surface area contributed by atoms with Gasteiger partial charge < -0.3 is 13.9 Å². The molecular formula is C16H8N4O5S. The highest BCUT2D eigenvalue weighted by Crippen LogP contribution is 2.37. The minimum atomic E-state index is -0.556. The standard InChI is InChI=1S/C16H8N4O5S/c17-7-10-5-11(20(21)22)2-4-14(10)26-16-19-18-15(25-16)9-1-3-12-13(6-9)24-8-23-12/h1-6H,8H2. The van der Waals surface area contributed by atoms with E-state index in [9.17, 15) is 15.4 Å². The van der Waals surface area contributed by atoms with Crippen molar-refractivity contribution in [1.29, 1.82) is 5.26 Å². The number of hydrogen-bond donors (Lipinski definition) is 0.